The van der Waals surface area contributed by atoms with Crippen LogP contribution in [-0.4, -0.2) is 16.0 Å². The van der Waals surface area contributed by atoms with E-state index < -0.39 is 17.2 Å². The molecule has 0 spiro atoms. The zero-order chi connectivity index (χ0) is 14.0. The molecule has 1 fully saturated rings. The van der Waals surface area contributed by atoms with Gasteiger partial charge in [-0.2, -0.15) is 13.2 Å². The molecule has 1 saturated carbocycles. The molecular weight excluding hydrogens is 279 g/mol. The Bertz CT molecular complexity index is 444. The van der Waals surface area contributed by atoms with Crippen molar-refractivity contribution in [3.05, 3.63) is 17.0 Å². The fraction of sp³-hybridized carbons (Fsp3) is 0.667. The molecule has 1 aliphatic carbocycles. The molecule has 1 aliphatic rings. The molecule has 7 heteroatoms. The largest absolute Gasteiger partial charge is 0.433 e. The molecular formula is C12H15ClF3N3. The Morgan fingerprint density at radius 3 is 2.53 bits per heavy atom. The number of anilines is 1. The molecule has 1 aromatic rings. The van der Waals surface area contributed by atoms with E-state index in [1.54, 1.807) is 0 Å². The lowest BCUT2D eigenvalue weighted by Crippen LogP contribution is -2.25. The molecule has 0 aromatic carbocycles. The first kappa shape index (κ1) is 14.4. The molecule has 106 valence electrons. The number of rotatable bonds is 3. The summed E-state index contributed by atoms with van der Waals surface area (Å²) in [5.74, 6) is 0.606. The molecule has 3 nitrogen and oxygen atoms in total. The molecule has 0 aliphatic heterocycles. The van der Waals surface area contributed by atoms with Crippen LogP contribution in [0, 0.1) is 5.92 Å². The number of nitrogens with one attached hydrogen (secondary N) is 1. The molecule has 2 rings (SSSR count). The number of hydrogen-bond donors (Lipinski definition) is 1. The molecule has 1 atom stereocenters. The molecule has 1 heterocycles. The van der Waals surface area contributed by atoms with Crippen molar-refractivity contribution in [1.29, 1.82) is 0 Å². The monoisotopic (exact) mass is 293 g/mol. The van der Waals surface area contributed by atoms with Crippen molar-refractivity contribution in [2.45, 2.75) is 44.8 Å². The summed E-state index contributed by atoms with van der Waals surface area (Å²) in [6.45, 7) is 1.96. The van der Waals surface area contributed by atoms with E-state index in [-0.39, 0.29) is 11.9 Å². The lowest BCUT2D eigenvalue weighted by Gasteiger charge is -2.21. The van der Waals surface area contributed by atoms with Gasteiger partial charge in [-0.05, 0) is 37.3 Å². The summed E-state index contributed by atoms with van der Waals surface area (Å²) in [6.07, 6.45) is 0.0296. The minimum absolute atomic E-state index is 0.0783. The van der Waals surface area contributed by atoms with Crippen LogP contribution < -0.4 is 5.32 Å². The Labute approximate surface area is 114 Å². The number of nitrogens with zero attached hydrogens (tertiary/aromatic N) is 2. The summed E-state index contributed by atoms with van der Waals surface area (Å²) in [5.41, 5.74) is -1.02. The maximum absolute atomic E-state index is 12.6. The van der Waals surface area contributed by atoms with E-state index in [0.717, 1.165) is 18.9 Å². The maximum atomic E-state index is 12.6. The van der Waals surface area contributed by atoms with Crippen LogP contribution in [0.25, 0.3) is 0 Å². The third-order valence-electron chi connectivity index (χ3n) is 3.47. The van der Waals surface area contributed by atoms with Crippen LogP contribution in [0.15, 0.2) is 6.07 Å². The zero-order valence-corrected chi connectivity index (χ0v) is 11.2. The fourth-order valence-electron chi connectivity index (χ4n) is 2.45. The molecule has 0 bridgehead atoms. The number of halogens is 4. The molecule has 19 heavy (non-hydrogen) atoms. The van der Waals surface area contributed by atoms with Crippen LogP contribution >= 0.6 is 11.6 Å². The predicted octanol–water partition coefficient (Wildman–Crippen LogP) is 4.14. The van der Waals surface area contributed by atoms with Gasteiger partial charge in [-0.15, -0.1) is 0 Å². The van der Waals surface area contributed by atoms with E-state index in [1.807, 2.05) is 6.92 Å². The summed E-state index contributed by atoms with van der Waals surface area (Å²) >= 11 is 5.54. The summed E-state index contributed by atoms with van der Waals surface area (Å²) in [7, 11) is 0. The van der Waals surface area contributed by atoms with Gasteiger partial charge >= 0.3 is 6.18 Å². The number of alkyl halides is 3. The fourth-order valence-corrected chi connectivity index (χ4v) is 2.63. The standard InChI is InChI=1S/C12H15ClF3N3/c1-7(8-4-2-3-5-8)17-10-6-9(12(14,15)16)18-11(13)19-10/h6-8H,2-5H2,1H3,(H,17,18,19). The van der Waals surface area contributed by atoms with Crippen molar-refractivity contribution in [2.75, 3.05) is 5.32 Å². The topological polar surface area (TPSA) is 37.8 Å². The van der Waals surface area contributed by atoms with Crippen molar-refractivity contribution in [1.82, 2.24) is 9.97 Å². The average molecular weight is 294 g/mol. The Hall–Kier alpha value is -1.04. The molecule has 1 aromatic heterocycles. The quantitative estimate of drug-likeness (QED) is 0.851. The summed E-state index contributed by atoms with van der Waals surface area (Å²) in [4.78, 5) is 7.00. The molecule has 1 N–H and O–H groups in total. The van der Waals surface area contributed by atoms with E-state index in [2.05, 4.69) is 15.3 Å². The maximum Gasteiger partial charge on any atom is 0.433 e. The highest BCUT2D eigenvalue weighted by Gasteiger charge is 2.34. The Morgan fingerprint density at radius 2 is 1.95 bits per heavy atom. The number of aromatic nitrogens is 2. The van der Waals surface area contributed by atoms with Gasteiger partial charge in [0.15, 0.2) is 5.69 Å². The smallest absolute Gasteiger partial charge is 0.367 e. The minimum Gasteiger partial charge on any atom is -0.367 e. The zero-order valence-electron chi connectivity index (χ0n) is 10.5. The van der Waals surface area contributed by atoms with E-state index in [4.69, 9.17) is 11.6 Å². The first-order valence-electron chi connectivity index (χ1n) is 6.24. The van der Waals surface area contributed by atoms with E-state index in [9.17, 15) is 13.2 Å². The second-order valence-corrected chi connectivity index (χ2v) is 5.22. The van der Waals surface area contributed by atoms with Crippen LogP contribution in [0.5, 0.6) is 0 Å². The van der Waals surface area contributed by atoms with Crippen LogP contribution in [-0.2, 0) is 6.18 Å². The number of hydrogen-bond acceptors (Lipinski definition) is 3. The third kappa shape index (κ3) is 3.72. The first-order chi connectivity index (χ1) is 8.86. The summed E-state index contributed by atoms with van der Waals surface area (Å²) in [5, 5.41) is 2.61. The highest BCUT2D eigenvalue weighted by Crippen LogP contribution is 2.32. The van der Waals surface area contributed by atoms with Gasteiger partial charge in [0.25, 0.3) is 0 Å². The summed E-state index contributed by atoms with van der Waals surface area (Å²) < 4.78 is 37.8. The van der Waals surface area contributed by atoms with E-state index >= 15 is 0 Å². The van der Waals surface area contributed by atoms with Crippen molar-refractivity contribution in [3.63, 3.8) is 0 Å². The van der Waals surface area contributed by atoms with Crippen molar-refractivity contribution >= 4 is 17.4 Å². The van der Waals surface area contributed by atoms with Crippen LogP contribution in [0.1, 0.15) is 38.3 Å². The minimum atomic E-state index is -4.51. The van der Waals surface area contributed by atoms with Crippen LogP contribution in [0.4, 0.5) is 19.0 Å². The van der Waals surface area contributed by atoms with E-state index in [0.29, 0.717) is 5.92 Å². The highest BCUT2D eigenvalue weighted by molar-refractivity contribution is 6.28. The van der Waals surface area contributed by atoms with Crippen molar-refractivity contribution < 1.29 is 13.2 Å². The third-order valence-corrected chi connectivity index (χ3v) is 3.64. The SMILES string of the molecule is CC(Nc1cc(C(F)(F)F)nc(Cl)n1)C1CCCC1. The second kappa shape index (κ2) is 5.53. The predicted molar refractivity (Wildman–Crippen MR) is 67.1 cm³/mol. The average Bonchev–Trinajstić information content (AvgIpc) is 2.80. The van der Waals surface area contributed by atoms with Gasteiger partial charge in [0, 0.05) is 12.1 Å². The molecule has 0 saturated heterocycles. The molecule has 0 amide bonds. The second-order valence-electron chi connectivity index (χ2n) is 4.88. The van der Waals surface area contributed by atoms with Gasteiger partial charge < -0.3 is 5.32 Å². The van der Waals surface area contributed by atoms with Crippen LogP contribution in [0.3, 0.4) is 0 Å². The van der Waals surface area contributed by atoms with Gasteiger partial charge in [-0.25, -0.2) is 9.97 Å². The van der Waals surface area contributed by atoms with Crippen molar-refractivity contribution in [3.8, 4) is 0 Å². The summed E-state index contributed by atoms with van der Waals surface area (Å²) in [6, 6.07) is 0.978. The highest BCUT2D eigenvalue weighted by atomic mass is 35.5. The Kier molecular flexibility index (Phi) is 4.18. The van der Waals surface area contributed by atoms with Gasteiger partial charge in [0.1, 0.15) is 5.82 Å². The van der Waals surface area contributed by atoms with Gasteiger partial charge in [0.05, 0.1) is 0 Å². The normalized spacial score (nSPS) is 18.6. The first-order valence-corrected chi connectivity index (χ1v) is 6.62. The van der Waals surface area contributed by atoms with Gasteiger partial charge in [-0.3, -0.25) is 0 Å². The molecule has 1 unspecified atom stereocenters. The van der Waals surface area contributed by atoms with Crippen LogP contribution in [0.2, 0.25) is 5.28 Å². The lowest BCUT2D eigenvalue weighted by atomic mass is 10.00. The molecule has 0 radical (unpaired) electrons. The lowest BCUT2D eigenvalue weighted by molar-refractivity contribution is -0.141. The van der Waals surface area contributed by atoms with E-state index in [1.165, 1.54) is 12.8 Å². The Balaban J connectivity index is 2.13. The van der Waals surface area contributed by atoms with Gasteiger partial charge in [-0.1, -0.05) is 12.8 Å². The van der Waals surface area contributed by atoms with Gasteiger partial charge in [0.2, 0.25) is 5.28 Å². The van der Waals surface area contributed by atoms with Crippen molar-refractivity contribution in [2.24, 2.45) is 5.92 Å². The Morgan fingerprint density at radius 1 is 1.32 bits per heavy atom.